The minimum absolute atomic E-state index is 0.293. The van der Waals surface area contributed by atoms with Crippen LogP contribution in [0.2, 0.25) is 0 Å². The van der Waals surface area contributed by atoms with Gasteiger partial charge in [-0.15, -0.1) is 0 Å². The summed E-state index contributed by atoms with van der Waals surface area (Å²) in [6, 6.07) is 0. The second-order valence-electron chi connectivity index (χ2n) is 4.85. The highest BCUT2D eigenvalue weighted by atomic mass is 32.1. The van der Waals surface area contributed by atoms with Crippen molar-refractivity contribution in [2.45, 2.75) is 19.4 Å². The van der Waals surface area contributed by atoms with Gasteiger partial charge in [-0.05, 0) is 20.9 Å². The Bertz CT molecular complexity index is 187. The monoisotopic (exact) mass is 232 g/mol. The van der Waals surface area contributed by atoms with Crippen LogP contribution in [0.3, 0.4) is 0 Å². The number of thiol groups is 1. The van der Waals surface area contributed by atoms with Gasteiger partial charge in [0.05, 0.1) is 13.2 Å². The molecule has 1 heterocycles. The first-order chi connectivity index (χ1) is 7.06. The average molecular weight is 232 g/mol. The van der Waals surface area contributed by atoms with Crippen LogP contribution in [0.1, 0.15) is 13.8 Å². The third kappa shape index (κ3) is 4.31. The van der Waals surface area contributed by atoms with Gasteiger partial charge in [0, 0.05) is 37.5 Å². The number of rotatable bonds is 5. The van der Waals surface area contributed by atoms with Gasteiger partial charge in [-0.25, -0.2) is 0 Å². The Morgan fingerprint density at radius 2 is 2.00 bits per heavy atom. The van der Waals surface area contributed by atoms with E-state index in [1.54, 1.807) is 0 Å². The molecule has 1 saturated heterocycles. The average Bonchev–Trinajstić information content (AvgIpc) is 2.18. The molecule has 0 atom stereocenters. The van der Waals surface area contributed by atoms with E-state index in [2.05, 4.69) is 43.3 Å². The Hall–Kier alpha value is 0.230. The van der Waals surface area contributed by atoms with Gasteiger partial charge in [0.25, 0.3) is 0 Å². The lowest BCUT2D eigenvalue weighted by Gasteiger charge is -2.45. The van der Waals surface area contributed by atoms with E-state index in [0.717, 1.165) is 45.1 Å². The van der Waals surface area contributed by atoms with Gasteiger partial charge in [0.1, 0.15) is 0 Å². The van der Waals surface area contributed by atoms with Crippen LogP contribution in [0.5, 0.6) is 0 Å². The molecule has 0 amide bonds. The third-order valence-electron chi connectivity index (χ3n) is 3.18. The molecular weight excluding hydrogens is 208 g/mol. The van der Waals surface area contributed by atoms with Crippen molar-refractivity contribution in [2.24, 2.45) is 0 Å². The lowest BCUT2D eigenvalue weighted by molar-refractivity contribution is 0.0226. The van der Waals surface area contributed by atoms with Crippen LogP contribution in [-0.2, 0) is 4.74 Å². The maximum Gasteiger partial charge on any atom is 0.0593 e. The smallest absolute Gasteiger partial charge is 0.0593 e. The van der Waals surface area contributed by atoms with Crippen LogP contribution in [0.15, 0.2) is 0 Å². The van der Waals surface area contributed by atoms with E-state index in [4.69, 9.17) is 4.74 Å². The molecule has 1 aliphatic rings. The summed E-state index contributed by atoms with van der Waals surface area (Å²) in [5, 5.41) is 0. The molecule has 90 valence electrons. The molecule has 0 aliphatic carbocycles. The van der Waals surface area contributed by atoms with E-state index < -0.39 is 0 Å². The van der Waals surface area contributed by atoms with Crippen molar-refractivity contribution >= 4 is 12.6 Å². The van der Waals surface area contributed by atoms with Gasteiger partial charge in [0.15, 0.2) is 0 Å². The predicted molar refractivity (Wildman–Crippen MR) is 67.8 cm³/mol. The summed E-state index contributed by atoms with van der Waals surface area (Å²) in [5.41, 5.74) is 0.293. The van der Waals surface area contributed by atoms with Crippen LogP contribution in [-0.4, -0.2) is 67.5 Å². The first kappa shape index (κ1) is 13.3. The molecular formula is C11H24N2OS. The molecule has 15 heavy (non-hydrogen) atoms. The Morgan fingerprint density at radius 3 is 2.60 bits per heavy atom. The number of hydrogen-bond acceptors (Lipinski definition) is 4. The van der Waals surface area contributed by atoms with E-state index in [-0.39, 0.29) is 0 Å². The SMILES string of the molecule is CN1CCN(CCOCCS)CC1(C)C. The van der Waals surface area contributed by atoms with Crippen molar-refractivity contribution in [3.05, 3.63) is 0 Å². The van der Waals surface area contributed by atoms with E-state index in [1.165, 1.54) is 0 Å². The van der Waals surface area contributed by atoms with Crippen molar-refractivity contribution < 1.29 is 4.74 Å². The maximum absolute atomic E-state index is 5.45. The molecule has 0 aromatic carbocycles. The van der Waals surface area contributed by atoms with Gasteiger partial charge in [0.2, 0.25) is 0 Å². The molecule has 0 N–H and O–H groups in total. The molecule has 0 unspecified atom stereocenters. The minimum atomic E-state index is 0.293. The number of nitrogens with zero attached hydrogens (tertiary/aromatic N) is 2. The summed E-state index contributed by atoms with van der Waals surface area (Å²) < 4.78 is 5.45. The fourth-order valence-corrected chi connectivity index (χ4v) is 2.02. The van der Waals surface area contributed by atoms with Crippen molar-refractivity contribution in [3.8, 4) is 0 Å². The highest BCUT2D eigenvalue weighted by molar-refractivity contribution is 7.80. The number of hydrogen-bond donors (Lipinski definition) is 1. The highest BCUT2D eigenvalue weighted by Crippen LogP contribution is 2.18. The van der Waals surface area contributed by atoms with E-state index in [9.17, 15) is 0 Å². The molecule has 0 aromatic rings. The topological polar surface area (TPSA) is 15.7 Å². The predicted octanol–water partition coefficient (Wildman–Crippen LogP) is 0.959. The van der Waals surface area contributed by atoms with Crippen LogP contribution in [0.4, 0.5) is 0 Å². The summed E-state index contributed by atoms with van der Waals surface area (Å²) in [6.07, 6.45) is 0. The molecule has 0 saturated carbocycles. The van der Waals surface area contributed by atoms with Crippen molar-refractivity contribution in [2.75, 3.05) is 52.2 Å². The molecule has 1 rings (SSSR count). The second kappa shape index (κ2) is 6.09. The lowest BCUT2D eigenvalue weighted by atomic mass is 10.00. The van der Waals surface area contributed by atoms with E-state index in [1.807, 2.05) is 0 Å². The zero-order valence-corrected chi connectivity index (χ0v) is 11.1. The lowest BCUT2D eigenvalue weighted by Crippen LogP contribution is -2.57. The van der Waals surface area contributed by atoms with Crippen molar-refractivity contribution in [1.29, 1.82) is 0 Å². The first-order valence-corrected chi connectivity index (χ1v) is 6.32. The van der Waals surface area contributed by atoms with Gasteiger partial charge < -0.3 is 4.74 Å². The molecule has 0 bridgehead atoms. The van der Waals surface area contributed by atoms with Crippen molar-refractivity contribution in [1.82, 2.24) is 9.80 Å². The van der Waals surface area contributed by atoms with Gasteiger partial charge in [-0.1, -0.05) is 0 Å². The standard InChI is InChI=1S/C11H24N2OS/c1-11(2)10-13(5-4-12(11)3)6-7-14-8-9-15/h15H,4-10H2,1-3H3. The first-order valence-electron chi connectivity index (χ1n) is 5.68. The minimum Gasteiger partial charge on any atom is -0.379 e. The van der Waals surface area contributed by atoms with Gasteiger partial charge >= 0.3 is 0 Å². The highest BCUT2D eigenvalue weighted by Gasteiger charge is 2.30. The Kier molecular flexibility index (Phi) is 5.39. The van der Waals surface area contributed by atoms with Gasteiger partial charge in [-0.3, -0.25) is 9.80 Å². The molecule has 0 aromatic heterocycles. The van der Waals surface area contributed by atoms with Crippen LogP contribution in [0, 0.1) is 0 Å². The number of likely N-dealkylation sites (N-methyl/N-ethyl adjacent to an activating group) is 1. The number of piperazine rings is 1. The quantitative estimate of drug-likeness (QED) is 0.562. The summed E-state index contributed by atoms with van der Waals surface area (Å²) in [6.45, 7) is 10.7. The van der Waals surface area contributed by atoms with E-state index in [0.29, 0.717) is 5.54 Å². The molecule has 1 aliphatic heterocycles. The Labute approximate surface area is 99.2 Å². The summed E-state index contributed by atoms with van der Waals surface area (Å²) >= 11 is 4.11. The molecule has 0 radical (unpaired) electrons. The Morgan fingerprint density at radius 1 is 1.27 bits per heavy atom. The zero-order valence-electron chi connectivity index (χ0n) is 10.2. The molecule has 3 nitrogen and oxygen atoms in total. The fraction of sp³-hybridized carbons (Fsp3) is 1.00. The second-order valence-corrected chi connectivity index (χ2v) is 5.29. The van der Waals surface area contributed by atoms with Crippen LogP contribution < -0.4 is 0 Å². The molecule has 4 heteroatoms. The third-order valence-corrected chi connectivity index (χ3v) is 3.37. The van der Waals surface area contributed by atoms with Gasteiger partial charge in [-0.2, -0.15) is 12.6 Å². The van der Waals surface area contributed by atoms with Crippen LogP contribution in [0.25, 0.3) is 0 Å². The zero-order chi connectivity index (χ0) is 11.3. The maximum atomic E-state index is 5.45. The molecule has 1 fully saturated rings. The summed E-state index contributed by atoms with van der Waals surface area (Å²) in [4.78, 5) is 4.91. The van der Waals surface area contributed by atoms with E-state index >= 15 is 0 Å². The molecule has 0 spiro atoms. The fourth-order valence-electron chi connectivity index (χ4n) is 1.89. The normalized spacial score (nSPS) is 23.2. The summed E-state index contributed by atoms with van der Waals surface area (Å²) in [7, 11) is 2.20. The number of ether oxygens (including phenoxy) is 1. The van der Waals surface area contributed by atoms with Crippen molar-refractivity contribution in [3.63, 3.8) is 0 Å². The summed E-state index contributed by atoms with van der Waals surface area (Å²) in [5.74, 6) is 0.814. The van der Waals surface area contributed by atoms with Crippen LogP contribution >= 0.6 is 12.6 Å². The Balaban J connectivity index is 2.21. The largest absolute Gasteiger partial charge is 0.379 e.